The van der Waals surface area contributed by atoms with Crippen molar-refractivity contribution in [1.29, 1.82) is 0 Å². The van der Waals surface area contributed by atoms with Crippen LogP contribution in [0.3, 0.4) is 0 Å². The molecule has 3 nitrogen and oxygen atoms in total. The largest absolute Gasteiger partial charge is 0.340 e. The number of carbonyl (C=O) groups excluding carboxylic acids is 1. The van der Waals surface area contributed by atoms with Crippen LogP contribution in [0.5, 0.6) is 0 Å². The quantitative estimate of drug-likeness (QED) is 0.636. The average Bonchev–Trinajstić information content (AvgIpc) is 2.21. The second-order valence-corrected chi connectivity index (χ2v) is 2.48. The third kappa shape index (κ3) is 3.72. The first-order chi connectivity index (χ1) is 5.84. The van der Waals surface area contributed by atoms with Crippen molar-refractivity contribution in [2.24, 2.45) is 0 Å². The summed E-state index contributed by atoms with van der Waals surface area (Å²) in [6.45, 7) is 9.57. The van der Waals surface area contributed by atoms with E-state index in [1.165, 1.54) is 0 Å². The van der Waals surface area contributed by atoms with Gasteiger partial charge in [-0.2, -0.15) is 0 Å². The van der Waals surface area contributed by atoms with E-state index < -0.39 is 0 Å². The second kappa shape index (κ2) is 7.10. The summed E-state index contributed by atoms with van der Waals surface area (Å²) in [4.78, 5) is 13.0. The molecule has 1 amide bonds. The summed E-state index contributed by atoms with van der Waals surface area (Å²) < 4.78 is 0. The van der Waals surface area contributed by atoms with Crippen LogP contribution in [0.25, 0.3) is 0 Å². The highest BCUT2D eigenvalue weighted by Crippen LogP contribution is 1.95. The molecule has 1 heterocycles. The Morgan fingerprint density at radius 1 is 1.33 bits per heavy atom. The number of nitrogens with zero attached hydrogens (tertiary/aromatic N) is 1. The third-order valence-electron chi connectivity index (χ3n) is 1.77. The number of hydrogen-bond donors (Lipinski definition) is 1. The summed E-state index contributed by atoms with van der Waals surface area (Å²) in [6, 6.07) is 0. The number of hydrogen-bond acceptors (Lipinski definition) is 2. The summed E-state index contributed by atoms with van der Waals surface area (Å²) in [6.07, 6.45) is 0.639. The predicted molar refractivity (Wildman–Crippen MR) is 51.1 cm³/mol. The zero-order valence-corrected chi connectivity index (χ0v) is 8.39. The highest BCUT2D eigenvalue weighted by molar-refractivity contribution is 5.75. The van der Waals surface area contributed by atoms with Crippen molar-refractivity contribution in [1.82, 2.24) is 10.2 Å². The first-order valence-corrected chi connectivity index (χ1v) is 4.83. The molecule has 0 radical (unpaired) electrons. The smallest absolute Gasteiger partial charge is 0.222 e. The molecule has 0 aromatic heterocycles. The van der Waals surface area contributed by atoms with E-state index in [-0.39, 0.29) is 5.91 Å². The van der Waals surface area contributed by atoms with Gasteiger partial charge in [-0.3, -0.25) is 4.79 Å². The molecule has 1 saturated heterocycles. The van der Waals surface area contributed by atoms with Crippen LogP contribution in [0.15, 0.2) is 0 Å². The molecule has 0 aromatic rings. The number of amides is 1. The molecule has 1 rings (SSSR count). The monoisotopic (exact) mass is 172 g/mol. The van der Waals surface area contributed by atoms with Crippen molar-refractivity contribution in [3.63, 3.8) is 0 Å². The zero-order chi connectivity index (χ0) is 9.40. The van der Waals surface area contributed by atoms with Crippen LogP contribution in [-0.2, 0) is 4.79 Å². The van der Waals surface area contributed by atoms with E-state index >= 15 is 0 Å². The van der Waals surface area contributed by atoms with Gasteiger partial charge >= 0.3 is 0 Å². The summed E-state index contributed by atoms with van der Waals surface area (Å²) in [5.74, 6) is 0.279. The highest BCUT2D eigenvalue weighted by atomic mass is 16.2. The molecule has 0 saturated carbocycles. The lowest BCUT2D eigenvalue weighted by molar-refractivity contribution is -0.131. The van der Waals surface area contributed by atoms with Gasteiger partial charge < -0.3 is 10.2 Å². The molecular formula is C9H20N2O. The van der Waals surface area contributed by atoms with Gasteiger partial charge in [0.1, 0.15) is 0 Å². The number of rotatable bonds is 1. The lowest BCUT2D eigenvalue weighted by Gasteiger charge is -2.26. The first kappa shape index (κ1) is 11.4. The van der Waals surface area contributed by atoms with E-state index in [1.807, 2.05) is 25.7 Å². The van der Waals surface area contributed by atoms with E-state index in [0.717, 1.165) is 26.2 Å². The Kier molecular flexibility index (Phi) is 6.76. The van der Waals surface area contributed by atoms with Gasteiger partial charge in [-0.05, 0) is 0 Å². The SMILES string of the molecule is CC.CCC(=O)N1CCNCC1. The Morgan fingerprint density at radius 2 is 1.83 bits per heavy atom. The van der Waals surface area contributed by atoms with Gasteiger partial charge in [0, 0.05) is 32.6 Å². The Balaban J connectivity index is 0.000000561. The van der Waals surface area contributed by atoms with Crippen LogP contribution in [-0.4, -0.2) is 37.0 Å². The molecule has 1 aliphatic heterocycles. The first-order valence-electron chi connectivity index (χ1n) is 4.83. The Hall–Kier alpha value is -0.570. The number of nitrogens with one attached hydrogen (secondary N) is 1. The molecule has 0 unspecified atom stereocenters. The Bertz CT molecular complexity index is 120. The van der Waals surface area contributed by atoms with Crippen molar-refractivity contribution < 1.29 is 4.79 Å². The topological polar surface area (TPSA) is 32.3 Å². The van der Waals surface area contributed by atoms with Gasteiger partial charge in [-0.15, -0.1) is 0 Å². The molecular weight excluding hydrogens is 152 g/mol. The van der Waals surface area contributed by atoms with Crippen molar-refractivity contribution in [2.45, 2.75) is 27.2 Å². The van der Waals surface area contributed by atoms with E-state index in [2.05, 4.69) is 5.32 Å². The lowest BCUT2D eigenvalue weighted by Crippen LogP contribution is -2.46. The van der Waals surface area contributed by atoms with E-state index in [4.69, 9.17) is 0 Å². The van der Waals surface area contributed by atoms with Crippen LogP contribution >= 0.6 is 0 Å². The second-order valence-electron chi connectivity index (χ2n) is 2.48. The fourth-order valence-electron chi connectivity index (χ4n) is 1.14. The van der Waals surface area contributed by atoms with Crippen molar-refractivity contribution in [3.05, 3.63) is 0 Å². The average molecular weight is 172 g/mol. The highest BCUT2D eigenvalue weighted by Gasteiger charge is 2.12. The molecule has 0 bridgehead atoms. The Labute approximate surface area is 75.1 Å². The van der Waals surface area contributed by atoms with Crippen molar-refractivity contribution in [3.8, 4) is 0 Å². The molecule has 0 aliphatic carbocycles. The maximum Gasteiger partial charge on any atom is 0.222 e. The van der Waals surface area contributed by atoms with Crippen LogP contribution in [0, 0.1) is 0 Å². The van der Waals surface area contributed by atoms with Crippen molar-refractivity contribution >= 4 is 5.91 Å². The number of piperazine rings is 1. The maximum absolute atomic E-state index is 11.1. The fourth-order valence-corrected chi connectivity index (χ4v) is 1.14. The van der Waals surface area contributed by atoms with Crippen LogP contribution in [0.4, 0.5) is 0 Å². The predicted octanol–water partition coefficient (Wildman–Crippen LogP) is 0.854. The molecule has 0 atom stereocenters. The molecule has 0 spiro atoms. The summed E-state index contributed by atoms with van der Waals surface area (Å²) in [5.41, 5.74) is 0. The lowest BCUT2D eigenvalue weighted by atomic mass is 10.3. The summed E-state index contributed by atoms with van der Waals surface area (Å²) in [7, 11) is 0. The van der Waals surface area contributed by atoms with Gasteiger partial charge in [-0.25, -0.2) is 0 Å². The van der Waals surface area contributed by atoms with Gasteiger partial charge in [0.2, 0.25) is 5.91 Å². The minimum absolute atomic E-state index is 0.279. The summed E-state index contributed by atoms with van der Waals surface area (Å²) >= 11 is 0. The molecule has 0 aromatic carbocycles. The van der Waals surface area contributed by atoms with Gasteiger partial charge in [0.05, 0.1) is 0 Å². The normalized spacial score (nSPS) is 16.4. The van der Waals surface area contributed by atoms with Crippen LogP contribution < -0.4 is 5.32 Å². The van der Waals surface area contributed by atoms with E-state index in [0.29, 0.717) is 6.42 Å². The molecule has 1 fully saturated rings. The maximum atomic E-state index is 11.1. The fraction of sp³-hybridized carbons (Fsp3) is 0.889. The van der Waals surface area contributed by atoms with Gasteiger partial charge in [0.25, 0.3) is 0 Å². The summed E-state index contributed by atoms with van der Waals surface area (Å²) in [5, 5.41) is 3.20. The van der Waals surface area contributed by atoms with Crippen LogP contribution in [0.2, 0.25) is 0 Å². The molecule has 72 valence electrons. The van der Waals surface area contributed by atoms with E-state index in [9.17, 15) is 4.79 Å². The van der Waals surface area contributed by atoms with Crippen molar-refractivity contribution in [2.75, 3.05) is 26.2 Å². The van der Waals surface area contributed by atoms with Gasteiger partial charge in [0.15, 0.2) is 0 Å². The number of carbonyl (C=O) groups is 1. The molecule has 3 heteroatoms. The third-order valence-corrected chi connectivity index (χ3v) is 1.77. The van der Waals surface area contributed by atoms with Crippen LogP contribution in [0.1, 0.15) is 27.2 Å². The minimum atomic E-state index is 0.279. The molecule has 1 aliphatic rings. The van der Waals surface area contributed by atoms with Gasteiger partial charge in [-0.1, -0.05) is 20.8 Å². The minimum Gasteiger partial charge on any atom is -0.340 e. The zero-order valence-electron chi connectivity index (χ0n) is 8.39. The van der Waals surface area contributed by atoms with E-state index in [1.54, 1.807) is 0 Å². The molecule has 12 heavy (non-hydrogen) atoms. The molecule has 1 N–H and O–H groups in total. The standard InChI is InChI=1S/C7H14N2O.C2H6/c1-2-7(10)9-5-3-8-4-6-9;1-2/h8H,2-6H2,1H3;1-2H3. The Morgan fingerprint density at radius 3 is 2.25 bits per heavy atom.